The molecule has 0 aromatic heterocycles. The molecule has 0 spiro atoms. The Morgan fingerprint density at radius 3 is 2.53 bits per heavy atom. The molecule has 2 aliphatic rings. The van der Waals surface area contributed by atoms with Gasteiger partial charge in [0.1, 0.15) is 5.82 Å². The molecule has 0 amide bonds. The first-order valence-corrected chi connectivity index (χ1v) is 7.31. The Bertz CT molecular complexity index is 478. The van der Waals surface area contributed by atoms with Crippen LogP contribution in [0.2, 0.25) is 0 Å². The minimum absolute atomic E-state index is 0.221. The van der Waals surface area contributed by atoms with E-state index in [1.165, 1.54) is 31.7 Å². The van der Waals surface area contributed by atoms with Gasteiger partial charge in [-0.3, -0.25) is 0 Å². The SMILES string of the molecule is Cc1cc(N(CC2CC2)C2CC2)c([C@H](C)O)cc1F. The van der Waals surface area contributed by atoms with Crippen LogP contribution in [0.4, 0.5) is 10.1 Å². The lowest BCUT2D eigenvalue weighted by atomic mass is 10.0. The van der Waals surface area contributed by atoms with Gasteiger partial charge in [-0.1, -0.05) is 0 Å². The van der Waals surface area contributed by atoms with Crippen LogP contribution in [0, 0.1) is 18.7 Å². The number of hydrogen-bond donors (Lipinski definition) is 1. The van der Waals surface area contributed by atoms with E-state index in [0.29, 0.717) is 11.6 Å². The fraction of sp³-hybridized carbons (Fsp3) is 0.625. The minimum atomic E-state index is -0.620. The van der Waals surface area contributed by atoms with Gasteiger partial charge in [0.25, 0.3) is 0 Å². The monoisotopic (exact) mass is 263 g/mol. The molecular weight excluding hydrogens is 241 g/mol. The molecule has 0 saturated heterocycles. The smallest absolute Gasteiger partial charge is 0.126 e. The van der Waals surface area contributed by atoms with Gasteiger partial charge in [0, 0.05) is 23.8 Å². The molecule has 104 valence electrons. The summed E-state index contributed by atoms with van der Waals surface area (Å²) in [6, 6.07) is 4.03. The van der Waals surface area contributed by atoms with Gasteiger partial charge in [-0.25, -0.2) is 4.39 Å². The van der Waals surface area contributed by atoms with Gasteiger partial charge in [0.15, 0.2) is 0 Å². The fourth-order valence-electron chi connectivity index (χ4n) is 2.67. The predicted octanol–water partition coefficient (Wildman–Crippen LogP) is 3.57. The largest absolute Gasteiger partial charge is 0.389 e. The number of hydrogen-bond acceptors (Lipinski definition) is 2. The van der Waals surface area contributed by atoms with Crippen LogP contribution >= 0.6 is 0 Å². The van der Waals surface area contributed by atoms with Crippen molar-refractivity contribution in [3.63, 3.8) is 0 Å². The van der Waals surface area contributed by atoms with E-state index < -0.39 is 6.10 Å². The summed E-state index contributed by atoms with van der Waals surface area (Å²) in [5, 5.41) is 9.93. The second-order valence-electron chi connectivity index (χ2n) is 6.16. The predicted molar refractivity (Wildman–Crippen MR) is 74.9 cm³/mol. The molecule has 1 N–H and O–H groups in total. The molecule has 2 aliphatic carbocycles. The zero-order valence-corrected chi connectivity index (χ0v) is 11.7. The first kappa shape index (κ1) is 12.9. The van der Waals surface area contributed by atoms with E-state index in [4.69, 9.17) is 0 Å². The van der Waals surface area contributed by atoms with Crippen molar-refractivity contribution >= 4 is 5.69 Å². The van der Waals surface area contributed by atoms with E-state index in [1.807, 2.05) is 6.07 Å². The number of anilines is 1. The molecule has 2 nitrogen and oxygen atoms in total. The third-order valence-corrected chi connectivity index (χ3v) is 4.21. The van der Waals surface area contributed by atoms with E-state index in [2.05, 4.69) is 4.90 Å². The summed E-state index contributed by atoms with van der Waals surface area (Å²) in [7, 11) is 0. The van der Waals surface area contributed by atoms with Gasteiger partial charge in [-0.15, -0.1) is 0 Å². The Hall–Kier alpha value is -1.09. The number of benzene rings is 1. The number of aliphatic hydroxyl groups is 1. The first-order chi connectivity index (χ1) is 9.06. The van der Waals surface area contributed by atoms with Crippen LogP contribution < -0.4 is 4.90 Å². The summed E-state index contributed by atoms with van der Waals surface area (Å²) in [6.45, 7) is 4.58. The number of nitrogens with zero attached hydrogens (tertiary/aromatic N) is 1. The summed E-state index contributed by atoms with van der Waals surface area (Å²) in [5.41, 5.74) is 2.44. The molecule has 2 fully saturated rings. The zero-order chi connectivity index (χ0) is 13.6. The maximum absolute atomic E-state index is 13.7. The van der Waals surface area contributed by atoms with Crippen molar-refractivity contribution in [2.24, 2.45) is 5.92 Å². The molecule has 1 aromatic rings. The summed E-state index contributed by atoms with van der Waals surface area (Å²) in [4.78, 5) is 2.41. The van der Waals surface area contributed by atoms with E-state index in [-0.39, 0.29) is 5.82 Å². The van der Waals surface area contributed by atoms with Crippen LogP contribution in [-0.2, 0) is 0 Å². The molecule has 19 heavy (non-hydrogen) atoms. The van der Waals surface area contributed by atoms with Gasteiger partial charge < -0.3 is 10.0 Å². The number of halogens is 1. The molecule has 0 bridgehead atoms. The van der Waals surface area contributed by atoms with Crippen molar-refractivity contribution in [3.8, 4) is 0 Å². The van der Waals surface area contributed by atoms with Crippen LogP contribution in [0.5, 0.6) is 0 Å². The highest BCUT2D eigenvalue weighted by molar-refractivity contribution is 5.58. The van der Waals surface area contributed by atoms with Crippen molar-refractivity contribution in [2.45, 2.75) is 51.7 Å². The van der Waals surface area contributed by atoms with Gasteiger partial charge in [-0.2, -0.15) is 0 Å². The van der Waals surface area contributed by atoms with Crippen LogP contribution in [0.25, 0.3) is 0 Å². The average Bonchev–Trinajstić information content (AvgIpc) is 3.23. The van der Waals surface area contributed by atoms with Crippen LogP contribution in [-0.4, -0.2) is 17.7 Å². The van der Waals surface area contributed by atoms with Crippen molar-refractivity contribution < 1.29 is 9.50 Å². The lowest BCUT2D eigenvalue weighted by Gasteiger charge is -2.28. The van der Waals surface area contributed by atoms with Crippen molar-refractivity contribution in [1.29, 1.82) is 0 Å². The molecule has 0 radical (unpaired) electrons. The second-order valence-corrected chi connectivity index (χ2v) is 6.16. The highest BCUT2D eigenvalue weighted by Crippen LogP contribution is 2.40. The molecule has 2 saturated carbocycles. The third-order valence-electron chi connectivity index (χ3n) is 4.21. The number of rotatable bonds is 5. The molecule has 0 unspecified atom stereocenters. The molecule has 3 rings (SSSR count). The highest BCUT2D eigenvalue weighted by atomic mass is 19.1. The van der Waals surface area contributed by atoms with Crippen LogP contribution in [0.15, 0.2) is 12.1 Å². The molecule has 1 atom stereocenters. The Labute approximate surface area is 114 Å². The first-order valence-electron chi connectivity index (χ1n) is 7.31. The summed E-state index contributed by atoms with van der Waals surface area (Å²) in [5.74, 6) is 0.578. The van der Waals surface area contributed by atoms with Gasteiger partial charge in [-0.05, 0) is 63.1 Å². The lowest BCUT2D eigenvalue weighted by molar-refractivity contribution is 0.199. The molecule has 0 aliphatic heterocycles. The zero-order valence-electron chi connectivity index (χ0n) is 11.7. The minimum Gasteiger partial charge on any atom is -0.389 e. The summed E-state index contributed by atoms with van der Waals surface area (Å²) >= 11 is 0. The van der Waals surface area contributed by atoms with Gasteiger partial charge in [0.05, 0.1) is 6.10 Å². The summed E-state index contributed by atoms with van der Waals surface area (Å²) < 4.78 is 13.7. The van der Waals surface area contributed by atoms with Crippen molar-refractivity contribution in [1.82, 2.24) is 0 Å². The standard InChI is InChI=1S/C16H22FNO/c1-10-7-16(14(11(2)19)8-15(10)17)18(13-5-6-13)9-12-3-4-12/h7-8,11-13,19H,3-6,9H2,1-2H3/t11-/m0/s1. The molecule has 3 heteroatoms. The summed E-state index contributed by atoms with van der Waals surface area (Å²) in [6.07, 6.45) is 4.46. The number of aryl methyl sites for hydroxylation is 1. The van der Waals surface area contributed by atoms with E-state index >= 15 is 0 Å². The van der Waals surface area contributed by atoms with Crippen molar-refractivity contribution in [3.05, 3.63) is 29.1 Å². The topological polar surface area (TPSA) is 23.5 Å². The Balaban J connectivity index is 1.97. The van der Waals surface area contributed by atoms with Gasteiger partial charge >= 0.3 is 0 Å². The van der Waals surface area contributed by atoms with E-state index in [1.54, 1.807) is 13.8 Å². The Kier molecular flexibility index (Phi) is 3.25. The highest BCUT2D eigenvalue weighted by Gasteiger charge is 2.35. The van der Waals surface area contributed by atoms with Gasteiger partial charge in [0.2, 0.25) is 0 Å². The van der Waals surface area contributed by atoms with Crippen molar-refractivity contribution in [2.75, 3.05) is 11.4 Å². The average molecular weight is 263 g/mol. The maximum atomic E-state index is 13.7. The Morgan fingerprint density at radius 2 is 2.00 bits per heavy atom. The van der Waals surface area contributed by atoms with Crippen LogP contribution in [0.3, 0.4) is 0 Å². The fourth-order valence-corrected chi connectivity index (χ4v) is 2.67. The quantitative estimate of drug-likeness (QED) is 0.878. The normalized spacial score (nSPS) is 20.4. The molecular formula is C16H22FNO. The Morgan fingerprint density at radius 1 is 1.32 bits per heavy atom. The van der Waals surface area contributed by atoms with E-state index in [9.17, 15) is 9.50 Å². The second kappa shape index (κ2) is 4.78. The third kappa shape index (κ3) is 2.76. The maximum Gasteiger partial charge on any atom is 0.126 e. The molecule has 0 heterocycles. The number of aliphatic hydroxyl groups excluding tert-OH is 1. The van der Waals surface area contributed by atoms with E-state index in [0.717, 1.165) is 23.7 Å². The van der Waals surface area contributed by atoms with Crippen LogP contribution in [0.1, 0.15) is 49.8 Å². The lowest BCUT2D eigenvalue weighted by Crippen LogP contribution is -2.29. The molecule has 1 aromatic carbocycles.